The molecule has 1 saturated heterocycles. The quantitative estimate of drug-likeness (QED) is 0.556. The molecule has 1 N–H and O–H groups in total. The van der Waals surface area contributed by atoms with Gasteiger partial charge in [0, 0.05) is 24.7 Å². The fourth-order valence-corrected chi connectivity index (χ4v) is 5.81. The van der Waals surface area contributed by atoms with E-state index in [1.807, 2.05) is 0 Å². The van der Waals surface area contributed by atoms with Crippen molar-refractivity contribution in [3.05, 3.63) is 28.8 Å². The molecular formula is C18H22ClF3N2O6S2. The molecule has 1 aromatic rings. The van der Waals surface area contributed by atoms with Gasteiger partial charge in [0.25, 0.3) is 0 Å². The van der Waals surface area contributed by atoms with E-state index in [9.17, 15) is 34.8 Å². The highest BCUT2D eigenvalue weighted by atomic mass is 35.5. The second-order valence-corrected chi connectivity index (χ2v) is 11.8. The maximum absolute atomic E-state index is 13.2. The highest BCUT2D eigenvalue weighted by molar-refractivity contribution is 7.90. The number of benzene rings is 1. The van der Waals surface area contributed by atoms with Crippen molar-refractivity contribution in [1.29, 1.82) is 0 Å². The van der Waals surface area contributed by atoms with Gasteiger partial charge in [0.05, 0.1) is 10.5 Å². The minimum atomic E-state index is -5.45. The first kappa shape index (κ1) is 25.2. The summed E-state index contributed by atoms with van der Waals surface area (Å²) >= 11 is 5.95. The lowest BCUT2D eigenvalue weighted by Gasteiger charge is -2.32. The lowest BCUT2D eigenvalue weighted by atomic mass is 9.96. The van der Waals surface area contributed by atoms with Crippen LogP contribution in [-0.2, 0) is 24.8 Å². The fourth-order valence-electron chi connectivity index (χ4n) is 3.39. The van der Waals surface area contributed by atoms with Crippen LogP contribution in [0.25, 0.3) is 0 Å². The molecule has 0 atom stereocenters. The molecule has 14 heteroatoms. The highest BCUT2D eigenvalue weighted by Crippen LogP contribution is 2.30. The molecule has 0 spiro atoms. The number of esters is 1. The number of carbonyl (C=O) groups is 1. The first-order valence-electron chi connectivity index (χ1n) is 9.88. The van der Waals surface area contributed by atoms with E-state index in [2.05, 4.69) is 0 Å². The molecule has 2 aliphatic rings. The number of rotatable bonds is 7. The lowest BCUT2D eigenvalue weighted by Crippen LogP contribution is -2.44. The molecule has 8 nitrogen and oxygen atoms in total. The summed E-state index contributed by atoms with van der Waals surface area (Å²) < 4.78 is 93.9. The van der Waals surface area contributed by atoms with Crippen LogP contribution in [0.3, 0.4) is 0 Å². The summed E-state index contributed by atoms with van der Waals surface area (Å²) in [4.78, 5) is 12.3. The number of piperidine rings is 1. The first-order chi connectivity index (χ1) is 14.8. The monoisotopic (exact) mass is 518 g/mol. The minimum absolute atomic E-state index is 0.0412. The first-order valence-corrected chi connectivity index (χ1v) is 13.2. The summed E-state index contributed by atoms with van der Waals surface area (Å²) in [6, 6.07) is 3.79. The van der Waals surface area contributed by atoms with Crippen molar-refractivity contribution in [3.8, 4) is 0 Å². The van der Waals surface area contributed by atoms with E-state index >= 15 is 0 Å². The smallest absolute Gasteiger partial charge is 0.459 e. The molecule has 0 aromatic heterocycles. The zero-order chi connectivity index (χ0) is 23.7. The maximum atomic E-state index is 13.2. The SMILES string of the molecule is O=C(OC1CCC1)c1cc(Cl)ccc1S(=O)(=O)N1CCC(CNS(=O)(=O)C(F)(F)F)CC1. The van der Waals surface area contributed by atoms with E-state index in [0.29, 0.717) is 12.8 Å². The summed E-state index contributed by atoms with van der Waals surface area (Å²) in [6.45, 7) is -0.531. The summed E-state index contributed by atoms with van der Waals surface area (Å²) in [6.07, 6.45) is 2.38. The number of alkyl halides is 3. The van der Waals surface area contributed by atoms with Gasteiger partial charge in [0.1, 0.15) is 6.10 Å². The van der Waals surface area contributed by atoms with E-state index in [1.165, 1.54) is 22.9 Å². The third-order valence-electron chi connectivity index (χ3n) is 5.55. The van der Waals surface area contributed by atoms with Crippen molar-refractivity contribution >= 4 is 37.6 Å². The third-order valence-corrected chi connectivity index (χ3v) is 8.89. The van der Waals surface area contributed by atoms with Crippen LogP contribution in [-0.4, -0.2) is 58.4 Å². The molecule has 1 saturated carbocycles. The zero-order valence-electron chi connectivity index (χ0n) is 16.8. The van der Waals surface area contributed by atoms with Crippen molar-refractivity contribution in [2.75, 3.05) is 19.6 Å². The molecule has 0 unspecified atom stereocenters. The molecule has 180 valence electrons. The Kier molecular flexibility index (Phi) is 7.45. The Morgan fingerprint density at radius 1 is 1.12 bits per heavy atom. The Morgan fingerprint density at radius 2 is 1.75 bits per heavy atom. The molecule has 1 heterocycles. The van der Waals surface area contributed by atoms with E-state index in [-0.39, 0.29) is 47.5 Å². The number of ether oxygens (including phenoxy) is 1. The predicted molar refractivity (Wildman–Crippen MR) is 109 cm³/mol. The molecule has 0 bridgehead atoms. The van der Waals surface area contributed by atoms with Crippen molar-refractivity contribution in [1.82, 2.24) is 9.03 Å². The molecule has 2 fully saturated rings. The van der Waals surface area contributed by atoms with Crippen molar-refractivity contribution < 1.29 is 39.5 Å². The van der Waals surface area contributed by atoms with Crippen LogP contribution in [0.4, 0.5) is 13.2 Å². The van der Waals surface area contributed by atoms with Crippen LogP contribution in [0.2, 0.25) is 5.02 Å². The Balaban J connectivity index is 1.68. The van der Waals surface area contributed by atoms with Crippen LogP contribution in [0.5, 0.6) is 0 Å². The van der Waals surface area contributed by atoms with E-state index in [0.717, 1.165) is 10.7 Å². The standard InChI is InChI=1S/C18H22ClF3N2O6S2/c19-13-4-5-16(15(10-13)17(25)30-14-2-1-3-14)31(26,27)24-8-6-12(7-9-24)11-23-32(28,29)18(20,21)22/h4-5,10,12,14,23H,1-3,6-9,11H2. The Morgan fingerprint density at radius 3 is 2.28 bits per heavy atom. The second-order valence-electron chi connectivity index (χ2n) is 7.74. The van der Waals surface area contributed by atoms with Gasteiger partial charge in [-0.3, -0.25) is 0 Å². The fraction of sp³-hybridized carbons (Fsp3) is 0.611. The van der Waals surface area contributed by atoms with Gasteiger partial charge in [-0.2, -0.15) is 17.5 Å². The van der Waals surface area contributed by atoms with Crippen LogP contribution in [0, 0.1) is 5.92 Å². The second kappa shape index (κ2) is 9.45. The number of nitrogens with one attached hydrogen (secondary N) is 1. The Labute approximate surface area is 189 Å². The Hall–Kier alpha value is -1.41. The molecule has 1 aliphatic heterocycles. The predicted octanol–water partition coefficient (Wildman–Crippen LogP) is 2.89. The van der Waals surface area contributed by atoms with Gasteiger partial charge in [-0.15, -0.1) is 0 Å². The topological polar surface area (TPSA) is 110 Å². The van der Waals surface area contributed by atoms with Crippen molar-refractivity contribution in [2.24, 2.45) is 5.92 Å². The minimum Gasteiger partial charge on any atom is -0.459 e. The van der Waals surface area contributed by atoms with Gasteiger partial charge in [0.2, 0.25) is 10.0 Å². The molecule has 0 radical (unpaired) electrons. The number of hydrogen-bond acceptors (Lipinski definition) is 6. The molecule has 3 rings (SSSR count). The van der Waals surface area contributed by atoms with Crippen molar-refractivity contribution in [2.45, 2.75) is 48.6 Å². The van der Waals surface area contributed by atoms with Crippen molar-refractivity contribution in [3.63, 3.8) is 0 Å². The van der Waals surface area contributed by atoms with Gasteiger partial charge < -0.3 is 4.74 Å². The Bertz CT molecular complexity index is 1070. The third kappa shape index (κ3) is 5.56. The molecule has 1 aromatic carbocycles. The lowest BCUT2D eigenvalue weighted by molar-refractivity contribution is -0.0449. The average Bonchev–Trinajstić information content (AvgIpc) is 2.68. The summed E-state index contributed by atoms with van der Waals surface area (Å²) in [5.74, 6) is -1.25. The molecule has 32 heavy (non-hydrogen) atoms. The highest BCUT2D eigenvalue weighted by Gasteiger charge is 2.46. The van der Waals surface area contributed by atoms with Gasteiger partial charge in [-0.05, 0) is 56.2 Å². The largest absolute Gasteiger partial charge is 0.511 e. The molecular weight excluding hydrogens is 497 g/mol. The molecule has 1 aliphatic carbocycles. The number of sulfonamides is 2. The van der Waals surface area contributed by atoms with E-state index < -0.39 is 44.0 Å². The zero-order valence-corrected chi connectivity index (χ0v) is 19.2. The number of halogens is 4. The van der Waals surface area contributed by atoms with Gasteiger partial charge in [0.15, 0.2) is 0 Å². The number of carbonyl (C=O) groups excluding carboxylic acids is 1. The van der Waals surface area contributed by atoms with Crippen LogP contribution >= 0.6 is 11.6 Å². The number of nitrogens with zero attached hydrogens (tertiary/aromatic N) is 1. The van der Waals surface area contributed by atoms with Gasteiger partial charge in [-0.25, -0.2) is 26.4 Å². The van der Waals surface area contributed by atoms with Gasteiger partial charge >= 0.3 is 21.5 Å². The van der Waals surface area contributed by atoms with E-state index in [4.69, 9.17) is 16.3 Å². The molecule has 0 amide bonds. The summed E-state index contributed by atoms with van der Waals surface area (Å²) in [5, 5.41) is 0.167. The number of hydrogen-bond donors (Lipinski definition) is 1. The maximum Gasteiger partial charge on any atom is 0.511 e. The summed E-state index contributed by atoms with van der Waals surface area (Å²) in [7, 11) is -9.57. The summed E-state index contributed by atoms with van der Waals surface area (Å²) in [5.41, 5.74) is -5.58. The normalized spacial score (nSPS) is 19.5. The average molecular weight is 519 g/mol. The van der Waals surface area contributed by atoms with Crippen LogP contribution in [0.1, 0.15) is 42.5 Å². The van der Waals surface area contributed by atoms with Crippen LogP contribution in [0.15, 0.2) is 23.1 Å². The van der Waals surface area contributed by atoms with E-state index in [1.54, 1.807) is 0 Å². The van der Waals surface area contributed by atoms with Gasteiger partial charge in [-0.1, -0.05) is 11.6 Å². The van der Waals surface area contributed by atoms with Crippen LogP contribution < -0.4 is 4.72 Å².